The number of carbonyl (C=O) groups is 1. The number of thiazole rings is 1. The molecule has 0 bridgehead atoms. The lowest BCUT2D eigenvalue weighted by molar-refractivity contribution is -0.139. The van der Waals surface area contributed by atoms with Gasteiger partial charge < -0.3 is 13.9 Å². The number of hydrogen-bond donors (Lipinski definition) is 0. The van der Waals surface area contributed by atoms with Gasteiger partial charge in [0.2, 0.25) is 0 Å². The van der Waals surface area contributed by atoms with Gasteiger partial charge in [-0.25, -0.2) is 19.8 Å². The fraction of sp³-hybridized carbons (Fsp3) is 0.276. The molecule has 1 aromatic carbocycles. The van der Waals surface area contributed by atoms with Gasteiger partial charge in [0.25, 0.3) is 5.56 Å². The first-order valence-electron chi connectivity index (χ1n) is 13.1. The average Bonchev–Trinajstić information content (AvgIpc) is 3.45. The summed E-state index contributed by atoms with van der Waals surface area (Å²) in [6.45, 7) is 5.85. The van der Waals surface area contributed by atoms with Gasteiger partial charge in [-0.3, -0.25) is 9.36 Å². The van der Waals surface area contributed by atoms with E-state index in [4.69, 9.17) is 18.9 Å². The minimum atomic E-state index is -0.802. The van der Waals surface area contributed by atoms with E-state index in [1.807, 2.05) is 32.0 Å². The number of carbonyl (C=O) groups excluding carboxylic acids is 1. The lowest BCUT2D eigenvalue weighted by Gasteiger charge is -2.27. The van der Waals surface area contributed by atoms with E-state index in [-0.39, 0.29) is 12.2 Å². The molecule has 0 spiro atoms. The Morgan fingerprint density at radius 2 is 2.05 bits per heavy atom. The number of benzene rings is 1. The van der Waals surface area contributed by atoms with Gasteiger partial charge in [0.05, 0.1) is 34.0 Å². The highest BCUT2D eigenvalue weighted by Gasteiger charge is 2.36. The van der Waals surface area contributed by atoms with Crippen LogP contribution in [-0.2, 0) is 9.53 Å². The highest BCUT2D eigenvalue weighted by molar-refractivity contribution is 9.10. The Kier molecular flexibility index (Phi) is 9.50. The molecule has 0 fully saturated rings. The molecular weight excluding hydrogens is 708 g/mol. The topological polar surface area (TPSA) is 109 Å². The van der Waals surface area contributed by atoms with E-state index in [9.17, 15) is 9.59 Å². The summed E-state index contributed by atoms with van der Waals surface area (Å²) >= 11 is 9.59. The molecule has 5 rings (SSSR count). The number of aryl methyl sites for hydroxylation is 1. The summed E-state index contributed by atoms with van der Waals surface area (Å²) in [5, 5.41) is 1.11. The number of esters is 1. The van der Waals surface area contributed by atoms with Crippen LogP contribution >= 0.6 is 55.0 Å². The molecule has 1 aliphatic heterocycles. The van der Waals surface area contributed by atoms with Crippen molar-refractivity contribution >= 4 is 67.0 Å². The number of fused-ring (bicyclic) bond motifs is 1. The number of rotatable bonds is 9. The minimum absolute atomic E-state index is 0.190. The summed E-state index contributed by atoms with van der Waals surface area (Å²) in [5.41, 5.74) is 2.09. The summed E-state index contributed by atoms with van der Waals surface area (Å²) in [5.74, 6) is 0.491. The number of halogens is 2. The predicted molar refractivity (Wildman–Crippen MR) is 168 cm³/mol. The second-order valence-electron chi connectivity index (χ2n) is 9.17. The smallest absolute Gasteiger partial charge is 0.338 e. The first-order valence-corrected chi connectivity index (χ1v) is 16.3. The fourth-order valence-electron chi connectivity index (χ4n) is 4.53. The van der Waals surface area contributed by atoms with Crippen LogP contribution in [0.25, 0.3) is 6.08 Å². The van der Waals surface area contributed by atoms with Crippen LogP contribution in [0.4, 0.5) is 0 Å². The summed E-state index contributed by atoms with van der Waals surface area (Å²) in [6, 6.07) is 8.31. The third-order valence-electron chi connectivity index (χ3n) is 6.28. The maximum absolute atomic E-state index is 14.1. The molecule has 4 heterocycles. The van der Waals surface area contributed by atoms with E-state index in [1.54, 1.807) is 43.0 Å². The normalized spacial score (nSPS) is 15.0. The average molecular weight is 734 g/mol. The molecule has 9 nitrogen and oxygen atoms in total. The quantitative estimate of drug-likeness (QED) is 0.153. The molecule has 42 heavy (non-hydrogen) atoms. The largest absolute Gasteiger partial charge is 0.496 e. The van der Waals surface area contributed by atoms with E-state index in [2.05, 4.69) is 41.8 Å². The molecule has 0 unspecified atom stereocenters. The number of aromatic nitrogens is 3. The Morgan fingerprint density at radius 3 is 2.76 bits per heavy atom. The van der Waals surface area contributed by atoms with Crippen molar-refractivity contribution in [2.75, 3.05) is 13.7 Å². The zero-order valence-electron chi connectivity index (χ0n) is 23.1. The van der Waals surface area contributed by atoms with Crippen LogP contribution in [0.1, 0.15) is 49.7 Å². The highest BCUT2D eigenvalue weighted by Crippen LogP contribution is 2.38. The van der Waals surface area contributed by atoms with Gasteiger partial charge >= 0.3 is 5.97 Å². The van der Waals surface area contributed by atoms with Crippen LogP contribution < -0.4 is 19.6 Å². The van der Waals surface area contributed by atoms with Gasteiger partial charge in [0.15, 0.2) is 15.1 Å². The first kappa shape index (κ1) is 30.5. The van der Waals surface area contributed by atoms with Gasteiger partial charge in [0.1, 0.15) is 17.6 Å². The summed E-state index contributed by atoms with van der Waals surface area (Å²) in [4.78, 5) is 41.5. The molecule has 0 saturated heterocycles. The maximum atomic E-state index is 14.1. The summed E-state index contributed by atoms with van der Waals surface area (Å²) in [6.07, 6.45) is 4.67. The van der Waals surface area contributed by atoms with E-state index >= 15 is 0 Å². The Hall–Kier alpha value is -3.00. The minimum Gasteiger partial charge on any atom is -0.496 e. The summed E-state index contributed by atoms with van der Waals surface area (Å²) in [7, 11) is 1.56. The Labute approximate surface area is 266 Å². The standard InChI is InChI=1S/C29H26Br2N4O5S2/c1-5-7-20-23(26(37)39-6-2)24(18-12-16(30)8-9-21(18)38-4)35-25(36)22(41-29(35)34-20)14-17-13-19(31)27(40-17)42-28-32-11-10-15(3)33-28/h8-14,24H,5-7H2,1-4H3/b22-14-/t24-/m0/s1. The first-order chi connectivity index (χ1) is 20.2. The van der Waals surface area contributed by atoms with Crippen molar-refractivity contribution < 1.29 is 18.7 Å². The number of furan rings is 1. The fourth-order valence-corrected chi connectivity index (χ4v) is 7.22. The van der Waals surface area contributed by atoms with Crippen LogP contribution in [0.5, 0.6) is 5.75 Å². The molecule has 1 atom stereocenters. The molecule has 0 saturated carbocycles. The van der Waals surface area contributed by atoms with Crippen molar-refractivity contribution in [1.29, 1.82) is 0 Å². The van der Waals surface area contributed by atoms with Crippen LogP contribution in [-0.4, -0.2) is 34.2 Å². The van der Waals surface area contributed by atoms with Gasteiger partial charge in [-0.15, -0.1) is 0 Å². The number of methoxy groups -OCH3 is 1. The van der Waals surface area contributed by atoms with E-state index in [0.717, 1.165) is 16.6 Å². The van der Waals surface area contributed by atoms with E-state index in [0.29, 0.717) is 58.8 Å². The SMILES string of the molecule is CCCC1=C(C(=O)OCC)[C@H](c2cc(Br)ccc2OC)n2c(s/c(=C\c3cc(Br)c(Sc4nccc(C)n4)o3)c2=O)=N1. The van der Waals surface area contributed by atoms with E-state index < -0.39 is 12.0 Å². The second-order valence-corrected chi connectivity index (χ2v) is 12.9. The zero-order valence-corrected chi connectivity index (χ0v) is 27.9. The van der Waals surface area contributed by atoms with Crippen LogP contribution in [0.3, 0.4) is 0 Å². The Morgan fingerprint density at radius 1 is 1.24 bits per heavy atom. The number of allylic oxidation sites excluding steroid dienone is 1. The molecular formula is C29H26Br2N4O5S2. The highest BCUT2D eigenvalue weighted by atomic mass is 79.9. The van der Waals surface area contributed by atoms with Gasteiger partial charge in [-0.1, -0.05) is 40.6 Å². The molecule has 13 heteroatoms. The molecule has 0 radical (unpaired) electrons. The van der Waals surface area contributed by atoms with Gasteiger partial charge in [-0.05, 0) is 78.3 Å². The molecule has 4 aromatic rings. The van der Waals surface area contributed by atoms with Crippen molar-refractivity contribution in [2.45, 2.75) is 49.9 Å². The van der Waals surface area contributed by atoms with Crippen LogP contribution in [0, 0.1) is 6.92 Å². The van der Waals surface area contributed by atoms with Crippen LogP contribution in [0.15, 0.2) is 81.2 Å². The predicted octanol–water partition coefficient (Wildman–Crippen LogP) is 5.95. The Balaban J connectivity index is 1.68. The van der Waals surface area contributed by atoms with Crippen molar-refractivity contribution in [3.63, 3.8) is 0 Å². The lowest BCUT2D eigenvalue weighted by atomic mass is 9.93. The van der Waals surface area contributed by atoms with Crippen LogP contribution in [0.2, 0.25) is 0 Å². The molecule has 0 N–H and O–H groups in total. The number of ether oxygens (including phenoxy) is 2. The second kappa shape index (κ2) is 13.1. The van der Waals surface area contributed by atoms with Crippen molar-refractivity contribution in [3.8, 4) is 5.75 Å². The molecule has 0 amide bonds. The summed E-state index contributed by atoms with van der Waals surface area (Å²) < 4.78 is 20.7. The molecule has 1 aliphatic rings. The number of nitrogens with zero attached hydrogens (tertiary/aromatic N) is 4. The third-order valence-corrected chi connectivity index (χ3v) is 9.48. The van der Waals surface area contributed by atoms with E-state index in [1.165, 1.54) is 23.1 Å². The zero-order chi connectivity index (χ0) is 30.0. The third kappa shape index (κ3) is 6.19. The Bertz CT molecular complexity index is 1880. The monoisotopic (exact) mass is 732 g/mol. The van der Waals surface area contributed by atoms with Crippen molar-refractivity contribution in [2.24, 2.45) is 4.99 Å². The van der Waals surface area contributed by atoms with Crippen molar-refractivity contribution in [3.05, 3.63) is 93.4 Å². The van der Waals surface area contributed by atoms with Gasteiger partial charge in [-0.2, -0.15) is 0 Å². The van der Waals surface area contributed by atoms with Gasteiger partial charge in [0, 0.05) is 28.0 Å². The maximum Gasteiger partial charge on any atom is 0.338 e. The molecule has 218 valence electrons. The van der Waals surface area contributed by atoms with Crippen molar-refractivity contribution in [1.82, 2.24) is 14.5 Å². The lowest BCUT2D eigenvalue weighted by Crippen LogP contribution is -2.40. The number of hydrogen-bond acceptors (Lipinski definition) is 10. The molecule has 0 aliphatic carbocycles. The molecule has 3 aromatic heterocycles.